The van der Waals surface area contributed by atoms with Crippen molar-refractivity contribution in [2.45, 2.75) is 50.4 Å². The Labute approximate surface area is 208 Å². The summed E-state index contributed by atoms with van der Waals surface area (Å²) in [5.74, 6) is -2.41. The third-order valence-corrected chi connectivity index (χ3v) is 7.54. The molecule has 3 aliphatic heterocycles. The molecule has 31 heavy (non-hydrogen) atoms. The second-order valence-corrected chi connectivity index (χ2v) is 9.53. The number of fused-ring (bicyclic) bond motifs is 1. The van der Waals surface area contributed by atoms with E-state index in [2.05, 4.69) is 0 Å². The minimum absolute atomic E-state index is 0. The average molecular weight is 456 g/mol. The van der Waals surface area contributed by atoms with Gasteiger partial charge in [0.15, 0.2) is 0 Å². The number of carbonyl (C=O) groups is 2. The molecule has 6 unspecified atom stereocenters. The van der Waals surface area contributed by atoms with Crippen molar-refractivity contribution in [1.29, 1.82) is 0 Å². The van der Waals surface area contributed by atoms with E-state index < -0.39 is 18.0 Å². The number of benzene rings is 1. The molecule has 0 saturated carbocycles. The van der Waals surface area contributed by atoms with Crippen LogP contribution in [-0.4, -0.2) is 58.6 Å². The first-order chi connectivity index (χ1) is 14.4. The van der Waals surface area contributed by atoms with E-state index in [1.165, 1.54) is 16.7 Å². The van der Waals surface area contributed by atoms with Crippen molar-refractivity contribution in [2.24, 2.45) is 11.8 Å². The number of ether oxygens (including phenoxy) is 2. The summed E-state index contributed by atoms with van der Waals surface area (Å²) in [5, 5.41) is 21.8. The Kier molecular flexibility index (Phi) is 8.29. The molecular formula is C22H26NNaO6S. The Balaban J connectivity index is 0.00000272. The van der Waals surface area contributed by atoms with Crippen molar-refractivity contribution in [1.82, 2.24) is 4.90 Å². The summed E-state index contributed by atoms with van der Waals surface area (Å²) >= 11 is 1.46. The number of aliphatic hydroxyl groups excluding tert-OH is 1. The number of thioether (sulfide) groups is 1. The molecule has 162 valence electrons. The maximum absolute atomic E-state index is 12.4. The zero-order chi connectivity index (χ0) is 21.4. The van der Waals surface area contributed by atoms with Gasteiger partial charge in [0, 0.05) is 16.1 Å². The molecule has 0 aliphatic carbocycles. The van der Waals surface area contributed by atoms with Crippen LogP contribution in [0.1, 0.15) is 25.8 Å². The average Bonchev–Trinajstić information content (AvgIpc) is 3.24. The maximum atomic E-state index is 12.4. The number of amides is 1. The Bertz CT molecular complexity index is 848. The molecule has 3 heterocycles. The Hall–Kier alpha value is -0.870. The second kappa shape index (κ2) is 10.4. The van der Waals surface area contributed by atoms with E-state index >= 15 is 0 Å². The van der Waals surface area contributed by atoms with Crippen molar-refractivity contribution in [3.05, 3.63) is 46.5 Å². The fourth-order valence-corrected chi connectivity index (χ4v) is 6.07. The summed E-state index contributed by atoms with van der Waals surface area (Å²) in [6, 6.07) is 9.60. The number of aliphatic hydroxyl groups is 1. The van der Waals surface area contributed by atoms with Crippen LogP contribution in [0.3, 0.4) is 0 Å². The first-order valence-electron chi connectivity index (χ1n) is 10.2. The number of rotatable bonds is 8. The number of hydrogen-bond acceptors (Lipinski definition) is 7. The zero-order valence-electron chi connectivity index (χ0n) is 18.0. The molecular weight excluding hydrogens is 429 g/mol. The van der Waals surface area contributed by atoms with Crippen LogP contribution in [0.15, 0.2) is 40.9 Å². The van der Waals surface area contributed by atoms with Gasteiger partial charge in [0.25, 0.3) is 0 Å². The Morgan fingerprint density at radius 2 is 2.10 bits per heavy atom. The minimum Gasteiger partial charge on any atom is -0.543 e. The molecule has 6 atom stereocenters. The molecule has 0 aromatic heterocycles. The number of carboxylic acids is 1. The number of carboxylic acid groups (broad SMARTS) is 1. The smallest absolute Gasteiger partial charge is 0.543 e. The summed E-state index contributed by atoms with van der Waals surface area (Å²) in [6.07, 6.45) is -0.109. The second-order valence-electron chi connectivity index (χ2n) is 8.19. The third-order valence-electron chi connectivity index (χ3n) is 6.05. The standard InChI is InChI=1S/C22H27NO6S.Na/c1-12-18-17(13(2)24)21(25)23(18)19(22(26)27)20(12)30-16-8-15(29-11-16)10-28-9-14-6-4-3-5-7-14;/h3-7,12-13,15-18,24H,8-11H2,1-2H3,(H,26,27);/q;+1/p-1. The van der Waals surface area contributed by atoms with Gasteiger partial charge < -0.3 is 29.4 Å². The monoisotopic (exact) mass is 455 g/mol. The minimum atomic E-state index is -1.34. The molecule has 1 aromatic carbocycles. The molecule has 4 rings (SSSR count). The SMILES string of the molecule is CC(O)C1C(=O)N2C(C(=O)[O-])=C(SC3COC(COCc4ccccc4)C3)C(C)C12.[Na+]. The predicted octanol–water partition coefficient (Wildman–Crippen LogP) is -2.08. The summed E-state index contributed by atoms with van der Waals surface area (Å²) in [4.78, 5) is 26.1. The molecule has 0 radical (unpaired) electrons. The first kappa shape index (κ1) is 24.8. The van der Waals surface area contributed by atoms with Gasteiger partial charge in [-0.1, -0.05) is 37.3 Å². The van der Waals surface area contributed by atoms with Crippen LogP contribution >= 0.6 is 11.8 Å². The molecule has 7 nitrogen and oxygen atoms in total. The predicted molar refractivity (Wildman–Crippen MR) is 109 cm³/mol. The fourth-order valence-electron chi connectivity index (χ4n) is 4.60. The Morgan fingerprint density at radius 3 is 2.74 bits per heavy atom. The molecule has 1 N–H and O–H groups in total. The van der Waals surface area contributed by atoms with Gasteiger partial charge in [0.1, 0.15) is 0 Å². The van der Waals surface area contributed by atoms with Crippen LogP contribution in [0, 0.1) is 11.8 Å². The molecule has 2 fully saturated rings. The van der Waals surface area contributed by atoms with Gasteiger partial charge >= 0.3 is 29.6 Å². The molecule has 3 aliphatic rings. The summed E-state index contributed by atoms with van der Waals surface area (Å²) in [6.45, 7) is 4.98. The van der Waals surface area contributed by atoms with Crippen molar-refractivity contribution in [3.8, 4) is 0 Å². The van der Waals surface area contributed by atoms with E-state index in [-0.39, 0.29) is 64.5 Å². The van der Waals surface area contributed by atoms with Crippen LogP contribution in [0.25, 0.3) is 0 Å². The number of carbonyl (C=O) groups excluding carboxylic acids is 2. The molecule has 1 aromatic rings. The molecule has 9 heteroatoms. The van der Waals surface area contributed by atoms with Crippen LogP contribution in [-0.2, 0) is 25.7 Å². The number of aliphatic carboxylic acids is 1. The van der Waals surface area contributed by atoms with Crippen LogP contribution in [0.4, 0.5) is 0 Å². The summed E-state index contributed by atoms with van der Waals surface area (Å²) < 4.78 is 11.6. The van der Waals surface area contributed by atoms with Crippen molar-refractivity contribution in [2.75, 3.05) is 13.2 Å². The van der Waals surface area contributed by atoms with Gasteiger partial charge in [-0.3, -0.25) is 4.79 Å². The van der Waals surface area contributed by atoms with Gasteiger partial charge in [0.05, 0.1) is 55.7 Å². The normalized spacial score (nSPS) is 30.6. The van der Waals surface area contributed by atoms with Crippen LogP contribution in [0.2, 0.25) is 0 Å². The van der Waals surface area contributed by atoms with E-state index in [0.29, 0.717) is 24.7 Å². The third kappa shape index (κ3) is 4.90. The summed E-state index contributed by atoms with van der Waals surface area (Å²) in [5.41, 5.74) is 1.06. The number of hydrogen-bond donors (Lipinski definition) is 1. The van der Waals surface area contributed by atoms with Crippen molar-refractivity contribution in [3.63, 3.8) is 0 Å². The van der Waals surface area contributed by atoms with E-state index in [4.69, 9.17) is 9.47 Å². The fraction of sp³-hybridized carbons (Fsp3) is 0.545. The summed E-state index contributed by atoms with van der Waals surface area (Å²) in [7, 11) is 0. The number of nitrogens with zero attached hydrogens (tertiary/aromatic N) is 1. The van der Waals surface area contributed by atoms with Gasteiger partial charge in [0.2, 0.25) is 5.91 Å². The van der Waals surface area contributed by atoms with Gasteiger partial charge in [-0.05, 0) is 18.9 Å². The first-order valence-corrected chi connectivity index (χ1v) is 11.1. The largest absolute Gasteiger partial charge is 1.00 e. The van der Waals surface area contributed by atoms with Crippen molar-refractivity contribution < 1.29 is 58.8 Å². The van der Waals surface area contributed by atoms with Crippen molar-refractivity contribution >= 4 is 23.6 Å². The van der Waals surface area contributed by atoms with E-state index in [1.807, 2.05) is 37.3 Å². The Morgan fingerprint density at radius 1 is 1.39 bits per heavy atom. The van der Waals surface area contributed by atoms with E-state index in [9.17, 15) is 19.8 Å². The van der Waals surface area contributed by atoms with Gasteiger partial charge in [-0.2, -0.15) is 0 Å². The van der Waals surface area contributed by atoms with Gasteiger partial charge in [-0.25, -0.2) is 0 Å². The maximum Gasteiger partial charge on any atom is 1.00 e. The van der Waals surface area contributed by atoms with E-state index in [0.717, 1.165) is 12.0 Å². The van der Waals surface area contributed by atoms with Gasteiger partial charge in [-0.15, -0.1) is 11.8 Å². The van der Waals surface area contributed by atoms with Crippen LogP contribution < -0.4 is 34.7 Å². The quantitative estimate of drug-likeness (QED) is 0.355. The number of β-lactam (4-membered cyclic amide) rings is 1. The van der Waals surface area contributed by atoms with Crippen LogP contribution in [0.5, 0.6) is 0 Å². The molecule has 0 spiro atoms. The molecule has 2 saturated heterocycles. The van der Waals surface area contributed by atoms with E-state index in [1.54, 1.807) is 6.92 Å². The zero-order valence-corrected chi connectivity index (χ0v) is 20.8. The molecule has 0 bridgehead atoms. The molecule has 1 amide bonds. The topological polar surface area (TPSA) is 99.1 Å².